The number of fused-ring (bicyclic) bond motifs is 2. The van der Waals surface area contributed by atoms with Crippen molar-refractivity contribution >= 4 is 5.69 Å². The zero-order chi connectivity index (χ0) is 21.9. The predicted molar refractivity (Wildman–Crippen MR) is 133 cm³/mol. The molecular formula is C29H34N2O. The first-order chi connectivity index (χ1) is 15.7. The Kier molecular flexibility index (Phi) is 6.18. The summed E-state index contributed by atoms with van der Waals surface area (Å²) < 4.78 is 6.31. The molecule has 1 aliphatic carbocycles. The van der Waals surface area contributed by atoms with Gasteiger partial charge >= 0.3 is 0 Å². The highest BCUT2D eigenvalue weighted by Gasteiger charge is 2.33. The van der Waals surface area contributed by atoms with E-state index in [1.807, 2.05) is 0 Å². The van der Waals surface area contributed by atoms with Crippen LogP contribution >= 0.6 is 0 Å². The number of nitrogens with two attached hydrogens (primary N) is 1. The number of benzene rings is 3. The molecule has 1 aliphatic heterocycles. The molecular weight excluding hydrogens is 392 g/mol. The van der Waals surface area contributed by atoms with E-state index in [-0.39, 0.29) is 0 Å². The second-order valence-electron chi connectivity index (χ2n) is 9.49. The van der Waals surface area contributed by atoms with Gasteiger partial charge in [0, 0.05) is 25.3 Å². The van der Waals surface area contributed by atoms with E-state index in [0.29, 0.717) is 13.2 Å². The second-order valence-corrected chi connectivity index (χ2v) is 9.49. The summed E-state index contributed by atoms with van der Waals surface area (Å²) in [6, 6.07) is 24.0. The van der Waals surface area contributed by atoms with Crippen LogP contribution in [0.4, 0.5) is 5.69 Å². The molecule has 3 aromatic rings. The highest BCUT2D eigenvalue weighted by Crippen LogP contribution is 2.39. The van der Waals surface area contributed by atoms with E-state index in [2.05, 4.69) is 78.6 Å². The minimum atomic E-state index is 0.562. The lowest BCUT2D eigenvalue weighted by Crippen LogP contribution is -2.36. The Labute approximate surface area is 192 Å². The fraction of sp³-hybridized carbons (Fsp3) is 0.379. The van der Waals surface area contributed by atoms with Gasteiger partial charge in [-0.05, 0) is 95.7 Å². The molecule has 1 heterocycles. The number of anilines is 1. The molecule has 3 nitrogen and oxygen atoms in total. The maximum atomic E-state index is 6.31. The number of ether oxygens (including phenoxy) is 1. The lowest BCUT2D eigenvalue weighted by atomic mass is 9.96. The van der Waals surface area contributed by atoms with Crippen LogP contribution in [0.25, 0.3) is 11.1 Å². The van der Waals surface area contributed by atoms with Crippen LogP contribution in [-0.2, 0) is 19.6 Å². The minimum absolute atomic E-state index is 0.562. The number of rotatable bonds is 7. The van der Waals surface area contributed by atoms with Crippen molar-refractivity contribution in [3.63, 3.8) is 0 Å². The van der Waals surface area contributed by atoms with Gasteiger partial charge in [0.2, 0.25) is 0 Å². The molecule has 2 unspecified atom stereocenters. The normalized spacial score (nSPS) is 19.9. The summed E-state index contributed by atoms with van der Waals surface area (Å²) in [5.41, 5.74) is 13.4. The van der Waals surface area contributed by atoms with E-state index >= 15 is 0 Å². The molecule has 0 aromatic heterocycles. The van der Waals surface area contributed by atoms with E-state index < -0.39 is 0 Å². The van der Waals surface area contributed by atoms with Crippen LogP contribution in [0.15, 0.2) is 66.7 Å². The molecule has 32 heavy (non-hydrogen) atoms. The summed E-state index contributed by atoms with van der Waals surface area (Å²) in [5, 5.41) is 0. The maximum absolute atomic E-state index is 6.31. The molecule has 3 aromatic carbocycles. The van der Waals surface area contributed by atoms with Crippen molar-refractivity contribution in [2.45, 2.75) is 45.8 Å². The van der Waals surface area contributed by atoms with Crippen molar-refractivity contribution in [1.29, 1.82) is 0 Å². The summed E-state index contributed by atoms with van der Waals surface area (Å²) in [6.45, 7) is 5.68. The molecule has 5 rings (SSSR count). The Balaban J connectivity index is 1.47. The Bertz CT molecular complexity index is 1060. The van der Waals surface area contributed by atoms with Crippen molar-refractivity contribution < 1.29 is 4.74 Å². The molecule has 0 amide bonds. The van der Waals surface area contributed by atoms with E-state index in [9.17, 15) is 0 Å². The molecule has 0 radical (unpaired) electrons. The van der Waals surface area contributed by atoms with Gasteiger partial charge in [0.1, 0.15) is 12.4 Å². The summed E-state index contributed by atoms with van der Waals surface area (Å²) in [5.74, 6) is 2.70. The van der Waals surface area contributed by atoms with Crippen LogP contribution in [0.2, 0.25) is 0 Å². The Morgan fingerprint density at radius 1 is 0.875 bits per heavy atom. The van der Waals surface area contributed by atoms with Gasteiger partial charge in [-0.2, -0.15) is 0 Å². The number of aryl methyl sites for hydroxylation is 1. The lowest BCUT2D eigenvalue weighted by Gasteiger charge is -2.34. The fourth-order valence-corrected chi connectivity index (χ4v) is 5.50. The summed E-state index contributed by atoms with van der Waals surface area (Å²) in [7, 11) is 0. The van der Waals surface area contributed by atoms with Gasteiger partial charge in [-0.15, -0.1) is 0 Å². The third-order valence-corrected chi connectivity index (χ3v) is 7.19. The number of nitrogens with zero attached hydrogens (tertiary/aromatic N) is 1. The van der Waals surface area contributed by atoms with Gasteiger partial charge < -0.3 is 15.4 Å². The number of hydrogen-bond donors (Lipinski definition) is 1. The highest BCUT2D eigenvalue weighted by molar-refractivity contribution is 5.70. The first kappa shape index (κ1) is 21.1. The molecule has 1 saturated heterocycles. The highest BCUT2D eigenvalue weighted by atomic mass is 16.5. The third kappa shape index (κ3) is 4.54. The van der Waals surface area contributed by atoms with Crippen LogP contribution in [0.1, 0.15) is 42.9 Å². The minimum Gasteiger partial charge on any atom is -0.489 e. The molecule has 2 aliphatic rings. The second kappa shape index (κ2) is 9.38. The van der Waals surface area contributed by atoms with E-state index in [0.717, 1.165) is 24.0 Å². The van der Waals surface area contributed by atoms with Gasteiger partial charge in [-0.1, -0.05) is 43.3 Å². The largest absolute Gasteiger partial charge is 0.489 e. The van der Waals surface area contributed by atoms with Crippen LogP contribution in [-0.4, -0.2) is 13.1 Å². The standard InChI is InChI=1S/C29H34N2O/c1-2-25-7-3-4-9-29(25)32-20-24-14-27(26-8-5-6-21(13-26)17-30)16-28(15-24)31-18-22-10-11-23(12-22)19-31/h3-9,13-16,22-23H,2,10-12,17-20,30H2,1H3. The molecule has 2 bridgehead atoms. The molecule has 2 atom stereocenters. The molecule has 0 spiro atoms. The van der Waals surface area contributed by atoms with Crippen LogP contribution in [0.5, 0.6) is 5.75 Å². The van der Waals surface area contributed by atoms with Gasteiger partial charge in [0.25, 0.3) is 0 Å². The number of piperidine rings is 1. The topological polar surface area (TPSA) is 38.5 Å². The quantitative estimate of drug-likeness (QED) is 0.489. The predicted octanol–water partition coefficient (Wildman–Crippen LogP) is 6.19. The summed E-state index contributed by atoms with van der Waals surface area (Å²) in [4.78, 5) is 2.62. The van der Waals surface area contributed by atoms with Crippen molar-refractivity contribution in [1.82, 2.24) is 0 Å². The van der Waals surface area contributed by atoms with Crippen molar-refractivity contribution in [2.24, 2.45) is 17.6 Å². The molecule has 166 valence electrons. The zero-order valence-electron chi connectivity index (χ0n) is 19.1. The monoisotopic (exact) mass is 426 g/mol. The van der Waals surface area contributed by atoms with Crippen molar-refractivity contribution in [3.05, 3.63) is 83.4 Å². The fourth-order valence-electron chi connectivity index (χ4n) is 5.50. The lowest BCUT2D eigenvalue weighted by molar-refractivity contribution is 0.303. The van der Waals surface area contributed by atoms with E-state index in [4.69, 9.17) is 10.5 Å². The summed E-state index contributed by atoms with van der Waals surface area (Å²) >= 11 is 0. The average Bonchev–Trinajstić information content (AvgIpc) is 3.19. The maximum Gasteiger partial charge on any atom is 0.122 e. The van der Waals surface area contributed by atoms with Gasteiger partial charge in [0.15, 0.2) is 0 Å². The van der Waals surface area contributed by atoms with Gasteiger partial charge in [0.05, 0.1) is 0 Å². The molecule has 3 heteroatoms. The van der Waals surface area contributed by atoms with Crippen LogP contribution < -0.4 is 15.4 Å². The summed E-state index contributed by atoms with van der Waals surface area (Å²) in [6.07, 6.45) is 5.18. The van der Waals surface area contributed by atoms with Crippen molar-refractivity contribution in [3.8, 4) is 16.9 Å². The molecule has 2 N–H and O–H groups in total. The van der Waals surface area contributed by atoms with E-state index in [1.165, 1.54) is 65.9 Å². The van der Waals surface area contributed by atoms with Crippen LogP contribution in [0, 0.1) is 11.8 Å². The van der Waals surface area contributed by atoms with Crippen LogP contribution in [0.3, 0.4) is 0 Å². The third-order valence-electron chi connectivity index (χ3n) is 7.19. The molecule has 2 fully saturated rings. The smallest absolute Gasteiger partial charge is 0.122 e. The van der Waals surface area contributed by atoms with Crippen molar-refractivity contribution in [2.75, 3.05) is 18.0 Å². The Hall–Kier alpha value is -2.78. The van der Waals surface area contributed by atoms with Gasteiger partial charge in [-0.25, -0.2) is 0 Å². The van der Waals surface area contributed by atoms with Gasteiger partial charge in [-0.3, -0.25) is 0 Å². The SMILES string of the molecule is CCc1ccccc1OCc1cc(-c2cccc(CN)c2)cc(N2CC3CCC(C3)C2)c1. The Morgan fingerprint density at radius 3 is 2.44 bits per heavy atom. The zero-order valence-corrected chi connectivity index (χ0v) is 19.1. The molecule has 1 saturated carbocycles. The first-order valence-corrected chi connectivity index (χ1v) is 12.1. The number of hydrogen-bond acceptors (Lipinski definition) is 3. The van der Waals surface area contributed by atoms with E-state index in [1.54, 1.807) is 0 Å². The first-order valence-electron chi connectivity index (χ1n) is 12.1. The number of para-hydroxylation sites is 1. The average molecular weight is 427 g/mol. The Morgan fingerprint density at radius 2 is 1.66 bits per heavy atom.